The Hall–Kier alpha value is -4.05. The minimum absolute atomic E-state index is 0.111. The van der Waals surface area contributed by atoms with Crippen molar-refractivity contribution in [1.82, 2.24) is 14.8 Å². The summed E-state index contributed by atoms with van der Waals surface area (Å²) in [6, 6.07) is 12.1. The third-order valence-corrected chi connectivity index (χ3v) is 6.59. The molecule has 0 saturated heterocycles. The number of ether oxygens (including phenoxy) is 1. The van der Waals surface area contributed by atoms with E-state index in [1.807, 2.05) is 6.92 Å². The molecule has 2 aromatic carbocycles. The van der Waals surface area contributed by atoms with Crippen molar-refractivity contribution in [3.63, 3.8) is 0 Å². The topological polar surface area (TPSA) is 95.0 Å². The van der Waals surface area contributed by atoms with Gasteiger partial charge in [0, 0.05) is 37.0 Å². The molecule has 3 amide bonds. The molecule has 0 radical (unpaired) electrons. The molecule has 1 aromatic heterocycles. The molecule has 1 aliphatic heterocycles. The molecule has 0 aliphatic carbocycles. The highest BCUT2D eigenvalue weighted by atomic mass is 19.1. The number of nitrogens with zero attached hydrogens (tertiary/aromatic N) is 3. The van der Waals surface area contributed by atoms with Gasteiger partial charge in [-0.3, -0.25) is 4.79 Å². The van der Waals surface area contributed by atoms with E-state index in [0.717, 1.165) is 0 Å². The number of rotatable bonds is 6. The van der Waals surface area contributed by atoms with E-state index in [0.29, 0.717) is 16.8 Å². The van der Waals surface area contributed by atoms with Gasteiger partial charge in [0.2, 0.25) is 5.88 Å². The number of benzene rings is 2. The quantitative estimate of drug-likeness (QED) is 0.498. The summed E-state index contributed by atoms with van der Waals surface area (Å²) in [6.45, 7) is 3.87. The molecule has 8 nitrogen and oxygen atoms in total. The van der Waals surface area contributed by atoms with Gasteiger partial charge >= 0.3 is 6.03 Å². The van der Waals surface area contributed by atoms with Crippen molar-refractivity contribution in [1.29, 1.82) is 0 Å². The van der Waals surface area contributed by atoms with Gasteiger partial charge < -0.3 is 25.0 Å². The number of nitrogens with one attached hydrogen (secondary N) is 1. The number of amides is 3. The lowest BCUT2D eigenvalue weighted by Crippen LogP contribution is -2.50. The van der Waals surface area contributed by atoms with Crippen LogP contribution in [0.25, 0.3) is 11.1 Å². The predicted octanol–water partition coefficient (Wildman–Crippen LogP) is 4.41. The maximum absolute atomic E-state index is 13.6. The van der Waals surface area contributed by atoms with Crippen molar-refractivity contribution in [3.8, 4) is 17.0 Å². The summed E-state index contributed by atoms with van der Waals surface area (Å²) in [5.74, 6) is -1.23. The van der Waals surface area contributed by atoms with Crippen LogP contribution in [0.1, 0.15) is 24.2 Å². The maximum atomic E-state index is 13.6. The van der Waals surface area contributed by atoms with E-state index in [1.165, 1.54) is 41.3 Å². The van der Waals surface area contributed by atoms with Crippen LogP contribution in [0.3, 0.4) is 0 Å². The number of hydrogen-bond acceptors (Lipinski definition) is 5. The SMILES string of the molecule is C[C@@H]1CN([C@H](C)CO)C(=O)c2cc(-c3ccc(F)cc3)cnc2O[C@H]1CN(C)C(=O)Nc1ccc(F)cc1. The molecular formula is C28H30F2N4O4. The van der Waals surface area contributed by atoms with E-state index < -0.39 is 24.0 Å². The molecule has 200 valence electrons. The van der Waals surface area contributed by atoms with E-state index >= 15 is 0 Å². The first kappa shape index (κ1) is 27.0. The van der Waals surface area contributed by atoms with E-state index in [9.17, 15) is 23.5 Å². The van der Waals surface area contributed by atoms with E-state index in [2.05, 4.69) is 10.3 Å². The molecule has 10 heteroatoms. The van der Waals surface area contributed by atoms with Gasteiger partial charge in [-0.1, -0.05) is 19.1 Å². The number of likely N-dealkylation sites (N-methyl/N-ethyl adjacent to an activating group) is 1. The molecule has 2 N–H and O–H groups in total. The van der Waals surface area contributed by atoms with Crippen LogP contribution in [0.4, 0.5) is 19.3 Å². The van der Waals surface area contributed by atoms with Crippen molar-refractivity contribution in [2.24, 2.45) is 5.92 Å². The number of aliphatic hydroxyl groups excluding tert-OH is 1. The first-order valence-corrected chi connectivity index (χ1v) is 12.3. The smallest absolute Gasteiger partial charge is 0.321 e. The lowest BCUT2D eigenvalue weighted by molar-refractivity contribution is 0.0356. The molecular weight excluding hydrogens is 494 g/mol. The van der Waals surface area contributed by atoms with Gasteiger partial charge in [-0.25, -0.2) is 18.6 Å². The summed E-state index contributed by atoms with van der Waals surface area (Å²) in [6.07, 6.45) is 1.01. The molecule has 3 atom stereocenters. The molecule has 3 aromatic rings. The largest absolute Gasteiger partial charge is 0.472 e. The second-order valence-corrected chi connectivity index (χ2v) is 9.52. The number of pyridine rings is 1. The van der Waals surface area contributed by atoms with Gasteiger partial charge in [-0.05, 0) is 55.0 Å². The lowest BCUT2D eigenvalue weighted by Gasteiger charge is -2.37. The van der Waals surface area contributed by atoms with Crippen molar-refractivity contribution in [3.05, 3.63) is 78.0 Å². The molecule has 1 aliphatic rings. The molecule has 0 bridgehead atoms. The van der Waals surface area contributed by atoms with Crippen LogP contribution in [-0.2, 0) is 0 Å². The summed E-state index contributed by atoms with van der Waals surface area (Å²) < 4.78 is 32.9. The predicted molar refractivity (Wildman–Crippen MR) is 139 cm³/mol. The Morgan fingerprint density at radius 3 is 2.42 bits per heavy atom. The molecule has 38 heavy (non-hydrogen) atoms. The average molecular weight is 525 g/mol. The van der Waals surface area contributed by atoms with Crippen LogP contribution >= 0.6 is 0 Å². The Labute approximate surface area is 219 Å². The summed E-state index contributed by atoms with van der Waals surface area (Å²) >= 11 is 0. The first-order chi connectivity index (χ1) is 18.2. The normalized spacial score (nSPS) is 18.1. The number of hydrogen-bond donors (Lipinski definition) is 2. The zero-order valence-corrected chi connectivity index (χ0v) is 21.4. The van der Waals surface area contributed by atoms with Gasteiger partial charge in [-0.2, -0.15) is 0 Å². The first-order valence-electron chi connectivity index (χ1n) is 12.3. The standard InChI is InChI=1S/C28H30F2N4O4/c1-17-14-34(18(2)16-35)27(36)24-12-20(19-4-6-21(29)7-5-19)13-31-26(24)38-25(17)15-33(3)28(37)32-23-10-8-22(30)9-11-23/h4-13,17-18,25,35H,14-16H2,1-3H3,(H,32,37)/t17-,18-,25+/m1/s1. The second kappa shape index (κ2) is 11.6. The van der Waals surface area contributed by atoms with Crippen molar-refractivity contribution in [2.45, 2.75) is 26.0 Å². The summed E-state index contributed by atoms with van der Waals surface area (Å²) in [5.41, 5.74) is 1.95. The van der Waals surface area contributed by atoms with Crippen LogP contribution in [-0.4, -0.2) is 70.7 Å². The van der Waals surface area contributed by atoms with Gasteiger partial charge in [0.1, 0.15) is 23.3 Å². The fourth-order valence-electron chi connectivity index (χ4n) is 4.23. The summed E-state index contributed by atoms with van der Waals surface area (Å²) in [7, 11) is 1.61. The number of carbonyl (C=O) groups excluding carboxylic acids is 2. The lowest BCUT2D eigenvalue weighted by atomic mass is 9.99. The zero-order chi connectivity index (χ0) is 27.4. The van der Waals surface area contributed by atoms with Crippen molar-refractivity contribution < 1.29 is 28.2 Å². The zero-order valence-electron chi connectivity index (χ0n) is 21.4. The van der Waals surface area contributed by atoms with Crippen molar-refractivity contribution >= 4 is 17.6 Å². The highest BCUT2D eigenvalue weighted by molar-refractivity contribution is 5.98. The Balaban J connectivity index is 1.62. The minimum atomic E-state index is -0.539. The van der Waals surface area contributed by atoms with Crippen LogP contribution in [0, 0.1) is 17.6 Å². The third kappa shape index (κ3) is 6.08. The highest BCUT2D eigenvalue weighted by Crippen LogP contribution is 2.30. The minimum Gasteiger partial charge on any atom is -0.472 e. The molecule has 0 spiro atoms. The number of carbonyl (C=O) groups is 2. The van der Waals surface area contributed by atoms with Gasteiger partial charge in [0.05, 0.1) is 19.2 Å². The number of fused-ring (bicyclic) bond motifs is 1. The number of halogens is 2. The van der Waals surface area contributed by atoms with E-state index in [1.54, 1.807) is 43.3 Å². The Morgan fingerprint density at radius 2 is 1.79 bits per heavy atom. The third-order valence-electron chi connectivity index (χ3n) is 6.59. The molecule has 0 fully saturated rings. The van der Waals surface area contributed by atoms with Crippen LogP contribution in [0.15, 0.2) is 60.8 Å². The molecule has 4 rings (SSSR count). The van der Waals surface area contributed by atoms with E-state index in [4.69, 9.17) is 4.74 Å². The number of aliphatic hydroxyl groups is 1. The van der Waals surface area contributed by atoms with Gasteiger partial charge in [-0.15, -0.1) is 0 Å². The number of urea groups is 1. The molecule has 2 heterocycles. The van der Waals surface area contributed by atoms with Crippen LogP contribution in [0.2, 0.25) is 0 Å². The fraction of sp³-hybridized carbons (Fsp3) is 0.321. The van der Waals surface area contributed by atoms with E-state index in [-0.39, 0.29) is 48.8 Å². The maximum Gasteiger partial charge on any atom is 0.321 e. The Kier molecular flexibility index (Phi) is 8.21. The molecule has 0 unspecified atom stereocenters. The number of anilines is 1. The van der Waals surface area contributed by atoms with Gasteiger partial charge in [0.25, 0.3) is 5.91 Å². The highest BCUT2D eigenvalue weighted by Gasteiger charge is 2.34. The van der Waals surface area contributed by atoms with Crippen LogP contribution in [0.5, 0.6) is 5.88 Å². The van der Waals surface area contributed by atoms with Crippen LogP contribution < -0.4 is 10.1 Å². The second-order valence-electron chi connectivity index (χ2n) is 9.52. The molecule has 0 saturated carbocycles. The Morgan fingerprint density at radius 1 is 1.16 bits per heavy atom. The monoisotopic (exact) mass is 524 g/mol. The van der Waals surface area contributed by atoms with Gasteiger partial charge in [0.15, 0.2) is 0 Å². The number of aromatic nitrogens is 1. The fourth-order valence-corrected chi connectivity index (χ4v) is 4.23. The average Bonchev–Trinajstić information content (AvgIpc) is 2.91. The Bertz CT molecular complexity index is 1290. The summed E-state index contributed by atoms with van der Waals surface area (Å²) in [4.78, 5) is 33.8. The van der Waals surface area contributed by atoms with Crippen molar-refractivity contribution in [2.75, 3.05) is 32.1 Å². The summed E-state index contributed by atoms with van der Waals surface area (Å²) in [5, 5.41) is 12.6.